The third-order valence-corrected chi connectivity index (χ3v) is 3.11. The van der Waals surface area contributed by atoms with Crippen molar-refractivity contribution in [3.63, 3.8) is 0 Å². The van der Waals surface area contributed by atoms with Gasteiger partial charge in [-0.2, -0.15) is 0 Å². The molecule has 98 valence electrons. The minimum atomic E-state index is -0.835. The van der Waals surface area contributed by atoms with Gasteiger partial charge >= 0.3 is 5.97 Å². The number of amides is 1. The smallest absolute Gasteiger partial charge is 0.310 e. The van der Waals surface area contributed by atoms with Gasteiger partial charge in [-0.25, -0.2) is 0 Å². The van der Waals surface area contributed by atoms with Gasteiger partial charge in [-0.05, 0) is 33.7 Å². The highest BCUT2D eigenvalue weighted by molar-refractivity contribution is 5.78. The van der Waals surface area contributed by atoms with Crippen molar-refractivity contribution in [1.82, 2.24) is 9.80 Å². The molecule has 0 atom stereocenters. The van der Waals surface area contributed by atoms with E-state index in [0.29, 0.717) is 13.1 Å². The van der Waals surface area contributed by atoms with E-state index in [9.17, 15) is 9.59 Å². The minimum Gasteiger partial charge on any atom is -0.481 e. The molecule has 0 aromatic carbocycles. The van der Waals surface area contributed by atoms with Gasteiger partial charge < -0.3 is 10.0 Å². The molecule has 0 bridgehead atoms. The molecule has 1 aliphatic rings. The van der Waals surface area contributed by atoms with E-state index in [1.165, 1.54) is 0 Å². The number of hydrogen-bond acceptors (Lipinski definition) is 3. The van der Waals surface area contributed by atoms with Crippen molar-refractivity contribution in [2.24, 2.45) is 5.41 Å². The number of nitrogens with zero attached hydrogens (tertiary/aromatic N) is 2. The Hall–Kier alpha value is -1.10. The molecule has 5 nitrogen and oxygen atoms in total. The molecule has 0 spiro atoms. The standard InChI is InChI=1S/C12H22N2O3/c1-12(2,11(16)17)9-13(3)8-10(15)14-6-4-5-7-14/h4-9H2,1-3H3,(H,16,17). The molecule has 0 aliphatic carbocycles. The molecule has 1 heterocycles. The average Bonchev–Trinajstić information content (AvgIpc) is 2.68. The van der Waals surface area contributed by atoms with Crippen molar-refractivity contribution in [3.05, 3.63) is 0 Å². The maximum Gasteiger partial charge on any atom is 0.310 e. The largest absolute Gasteiger partial charge is 0.481 e. The van der Waals surface area contributed by atoms with Gasteiger partial charge in [-0.1, -0.05) is 0 Å². The van der Waals surface area contributed by atoms with Crippen molar-refractivity contribution in [2.45, 2.75) is 26.7 Å². The van der Waals surface area contributed by atoms with Gasteiger partial charge in [0.25, 0.3) is 0 Å². The van der Waals surface area contributed by atoms with E-state index < -0.39 is 11.4 Å². The van der Waals surface area contributed by atoms with Crippen LogP contribution in [0.1, 0.15) is 26.7 Å². The van der Waals surface area contributed by atoms with Crippen molar-refractivity contribution >= 4 is 11.9 Å². The SMILES string of the molecule is CN(CC(=O)N1CCCC1)CC(C)(C)C(=O)O. The van der Waals surface area contributed by atoms with Gasteiger partial charge in [0.05, 0.1) is 12.0 Å². The maximum atomic E-state index is 11.8. The molecule has 0 aromatic heterocycles. The number of carboxylic acid groups (broad SMARTS) is 1. The molecule has 0 unspecified atom stereocenters. The molecular weight excluding hydrogens is 220 g/mol. The zero-order chi connectivity index (χ0) is 13.1. The van der Waals surface area contributed by atoms with Gasteiger partial charge in [0.15, 0.2) is 0 Å². The van der Waals surface area contributed by atoms with Crippen LogP contribution in [0.5, 0.6) is 0 Å². The molecule has 0 aromatic rings. The van der Waals surface area contributed by atoms with Crippen LogP contribution in [-0.4, -0.2) is 60.0 Å². The quantitative estimate of drug-likeness (QED) is 0.769. The van der Waals surface area contributed by atoms with Crippen LogP contribution in [0.15, 0.2) is 0 Å². The summed E-state index contributed by atoms with van der Waals surface area (Å²) in [6.07, 6.45) is 2.16. The normalized spacial score (nSPS) is 16.6. The molecule has 1 aliphatic heterocycles. The van der Waals surface area contributed by atoms with Crippen LogP contribution in [0.4, 0.5) is 0 Å². The molecule has 1 amide bonds. The second kappa shape index (κ2) is 5.49. The molecule has 1 N–H and O–H groups in total. The molecule has 0 saturated carbocycles. The topological polar surface area (TPSA) is 60.9 Å². The highest BCUT2D eigenvalue weighted by atomic mass is 16.4. The van der Waals surface area contributed by atoms with E-state index in [1.807, 2.05) is 4.90 Å². The van der Waals surface area contributed by atoms with E-state index in [2.05, 4.69) is 0 Å². The van der Waals surface area contributed by atoms with Crippen molar-refractivity contribution in [3.8, 4) is 0 Å². The summed E-state index contributed by atoms with van der Waals surface area (Å²) >= 11 is 0. The lowest BCUT2D eigenvalue weighted by Gasteiger charge is -2.27. The second-order valence-corrected chi connectivity index (χ2v) is 5.45. The summed E-state index contributed by atoms with van der Waals surface area (Å²) in [5, 5.41) is 9.01. The fraction of sp³-hybridized carbons (Fsp3) is 0.833. The number of carbonyl (C=O) groups excluding carboxylic acids is 1. The first kappa shape index (κ1) is 14.0. The molecule has 1 rings (SSSR count). The Labute approximate surface area is 102 Å². The van der Waals surface area contributed by atoms with Crippen LogP contribution in [0.3, 0.4) is 0 Å². The zero-order valence-electron chi connectivity index (χ0n) is 10.9. The molecule has 17 heavy (non-hydrogen) atoms. The summed E-state index contributed by atoms with van der Waals surface area (Å²) in [6, 6.07) is 0. The van der Waals surface area contributed by atoms with Crippen LogP contribution in [-0.2, 0) is 9.59 Å². The fourth-order valence-corrected chi connectivity index (χ4v) is 2.10. The van der Waals surface area contributed by atoms with E-state index >= 15 is 0 Å². The summed E-state index contributed by atoms with van der Waals surface area (Å²) in [4.78, 5) is 26.5. The van der Waals surface area contributed by atoms with Crippen molar-refractivity contribution in [2.75, 3.05) is 33.2 Å². The van der Waals surface area contributed by atoms with E-state index in [-0.39, 0.29) is 5.91 Å². The Kier molecular flexibility index (Phi) is 4.51. The van der Waals surface area contributed by atoms with E-state index in [1.54, 1.807) is 25.8 Å². The number of likely N-dealkylation sites (tertiary alicyclic amines) is 1. The third-order valence-electron chi connectivity index (χ3n) is 3.11. The number of rotatable bonds is 5. The lowest BCUT2D eigenvalue weighted by atomic mass is 9.93. The Bertz CT molecular complexity index is 296. The van der Waals surface area contributed by atoms with Crippen LogP contribution in [0.25, 0.3) is 0 Å². The minimum absolute atomic E-state index is 0.103. The second-order valence-electron chi connectivity index (χ2n) is 5.45. The maximum absolute atomic E-state index is 11.8. The van der Waals surface area contributed by atoms with Gasteiger partial charge in [-0.3, -0.25) is 14.5 Å². The van der Waals surface area contributed by atoms with Crippen molar-refractivity contribution < 1.29 is 14.7 Å². The molecule has 1 saturated heterocycles. The molecule has 0 radical (unpaired) electrons. The first-order valence-electron chi connectivity index (χ1n) is 6.02. The van der Waals surface area contributed by atoms with Crippen molar-refractivity contribution in [1.29, 1.82) is 0 Å². The van der Waals surface area contributed by atoms with Gasteiger partial charge in [0.2, 0.25) is 5.91 Å². The lowest BCUT2D eigenvalue weighted by Crippen LogP contribution is -2.43. The third kappa shape index (κ3) is 4.00. The van der Waals surface area contributed by atoms with E-state index in [4.69, 9.17) is 5.11 Å². The summed E-state index contributed by atoms with van der Waals surface area (Å²) in [6.45, 7) is 5.71. The predicted molar refractivity (Wildman–Crippen MR) is 64.7 cm³/mol. The Balaban J connectivity index is 2.41. The number of carboxylic acids is 1. The Morgan fingerprint density at radius 1 is 1.29 bits per heavy atom. The summed E-state index contributed by atoms with van der Waals surface area (Å²) in [7, 11) is 1.79. The average molecular weight is 242 g/mol. The van der Waals surface area contributed by atoms with Crippen LogP contribution < -0.4 is 0 Å². The first-order chi connectivity index (χ1) is 7.83. The summed E-state index contributed by atoms with van der Waals surface area (Å²) in [5.74, 6) is -0.732. The van der Waals surface area contributed by atoms with Gasteiger partial charge in [0, 0.05) is 19.6 Å². The number of hydrogen-bond donors (Lipinski definition) is 1. The predicted octanol–water partition coefficient (Wildman–Crippen LogP) is 0.651. The molecular formula is C12H22N2O3. The highest BCUT2D eigenvalue weighted by Crippen LogP contribution is 2.16. The summed E-state index contributed by atoms with van der Waals surface area (Å²) < 4.78 is 0. The van der Waals surface area contributed by atoms with Gasteiger partial charge in [-0.15, -0.1) is 0 Å². The fourth-order valence-electron chi connectivity index (χ4n) is 2.10. The number of likely N-dealkylation sites (N-methyl/N-ethyl adjacent to an activating group) is 1. The Morgan fingerprint density at radius 2 is 1.82 bits per heavy atom. The monoisotopic (exact) mass is 242 g/mol. The Morgan fingerprint density at radius 3 is 2.29 bits per heavy atom. The van der Waals surface area contributed by atoms with Gasteiger partial charge in [0.1, 0.15) is 0 Å². The summed E-state index contributed by atoms with van der Waals surface area (Å²) in [5.41, 5.74) is -0.819. The van der Waals surface area contributed by atoms with Crippen LogP contribution in [0, 0.1) is 5.41 Å². The van der Waals surface area contributed by atoms with Crippen LogP contribution in [0.2, 0.25) is 0 Å². The highest BCUT2D eigenvalue weighted by Gasteiger charge is 2.29. The molecule has 5 heteroatoms. The first-order valence-corrected chi connectivity index (χ1v) is 6.02. The number of aliphatic carboxylic acids is 1. The van der Waals surface area contributed by atoms with E-state index in [0.717, 1.165) is 25.9 Å². The lowest BCUT2D eigenvalue weighted by molar-refractivity contribution is -0.148. The number of carbonyl (C=O) groups is 2. The molecule has 1 fully saturated rings. The zero-order valence-corrected chi connectivity index (χ0v) is 10.9. The van der Waals surface area contributed by atoms with Crippen LogP contribution >= 0.6 is 0 Å².